The van der Waals surface area contributed by atoms with Crippen molar-refractivity contribution >= 4 is 6.85 Å². The van der Waals surface area contributed by atoms with Crippen molar-refractivity contribution in [3.63, 3.8) is 0 Å². The van der Waals surface area contributed by atoms with E-state index in [1.807, 2.05) is 0 Å². The van der Waals surface area contributed by atoms with Gasteiger partial charge in [-0.15, -0.1) is 0 Å². The molecule has 1 saturated carbocycles. The summed E-state index contributed by atoms with van der Waals surface area (Å²) in [6.07, 6.45) is 16.4. The Hall–Kier alpha value is -0.395. The molecule has 0 aromatic heterocycles. The van der Waals surface area contributed by atoms with E-state index in [9.17, 15) is 0 Å². The number of allylic oxidation sites excluding steroid dienone is 2. The lowest BCUT2D eigenvalue weighted by Gasteiger charge is -2.41. The van der Waals surface area contributed by atoms with Gasteiger partial charge >= 0.3 is 0 Å². The highest BCUT2D eigenvalue weighted by atomic mass is 15.1. The molecule has 0 bridgehead atoms. The Morgan fingerprint density at radius 1 is 1.12 bits per heavy atom. The molecule has 0 radical (unpaired) electrons. The zero-order valence-electron chi connectivity index (χ0n) is 11.8. The molecule has 0 saturated heterocycles. The Balaban J connectivity index is 2.09. The molecule has 2 aliphatic carbocycles. The van der Waals surface area contributed by atoms with Crippen molar-refractivity contribution in [1.82, 2.24) is 4.81 Å². The van der Waals surface area contributed by atoms with Gasteiger partial charge in [0, 0.05) is 6.04 Å². The third kappa shape index (κ3) is 3.08. The first-order valence-corrected chi connectivity index (χ1v) is 7.84. The maximum absolute atomic E-state index is 2.84. The van der Waals surface area contributed by atoms with E-state index in [0.717, 1.165) is 12.9 Å². The molecule has 17 heavy (non-hydrogen) atoms. The second-order valence-corrected chi connectivity index (χ2v) is 5.76. The molecule has 0 unspecified atom stereocenters. The molecule has 2 heteroatoms. The van der Waals surface area contributed by atoms with Gasteiger partial charge in [0.25, 0.3) is 6.85 Å². The van der Waals surface area contributed by atoms with Crippen LogP contribution in [-0.2, 0) is 0 Å². The van der Waals surface area contributed by atoms with Gasteiger partial charge in [0.1, 0.15) is 0 Å². The van der Waals surface area contributed by atoms with Crippen LogP contribution in [0.3, 0.4) is 0 Å². The molecule has 0 heterocycles. The molecule has 1 fully saturated rings. The van der Waals surface area contributed by atoms with Crippen molar-refractivity contribution in [2.75, 3.05) is 0 Å². The van der Waals surface area contributed by atoms with E-state index in [0.29, 0.717) is 0 Å². The summed E-state index contributed by atoms with van der Waals surface area (Å²) >= 11 is 0. The molecule has 2 aliphatic rings. The fraction of sp³-hybridized carbons (Fsp3) is 0.867. The first kappa shape index (κ1) is 13.0. The highest BCUT2D eigenvalue weighted by Gasteiger charge is 2.30. The second kappa shape index (κ2) is 6.51. The number of hydrogen-bond acceptors (Lipinski definition) is 1. The van der Waals surface area contributed by atoms with Gasteiger partial charge in [-0.2, -0.15) is 0 Å². The average molecular weight is 233 g/mol. The number of rotatable bonds is 5. The molecule has 96 valence electrons. The monoisotopic (exact) mass is 233 g/mol. The zero-order chi connectivity index (χ0) is 12.1. The maximum Gasteiger partial charge on any atom is 0.253 e. The number of nitrogens with zero attached hydrogens (tertiary/aromatic N) is 1. The fourth-order valence-corrected chi connectivity index (χ4v) is 3.70. The van der Waals surface area contributed by atoms with Crippen LogP contribution in [0.4, 0.5) is 0 Å². The van der Waals surface area contributed by atoms with Gasteiger partial charge in [-0.1, -0.05) is 51.8 Å². The summed E-state index contributed by atoms with van der Waals surface area (Å²) in [7, 11) is 0. The fourth-order valence-electron chi connectivity index (χ4n) is 3.70. The van der Waals surface area contributed by atoms with Crippen LogP contribution in [0.15, 0.2) is 11.8 Å². The Morgan fingerprint density at radius 3 is 2.35 bits per heavy atom. The molecule has 0 atom stereocenters. The van der Waals surface area contributed by atoms with E-state index in [2.05, 4.69) is 24.7 Å². The summed E-state index contributed by atoms with van der Waals surface area (Å²) in [5.41, 5.74) is 1.69. The lowest BCUT2D eigenvalue weighted by molar-refractivity contribution is 0.286. The second-order valence-electron chi connectivity index (χ2n) is 5.76. The summed E-state index contributed by atoms with van der Waals surface area (Å²) in [6.45, 7) is 5.52. The Kier molecular flexibility index (Phi) is 5.00. The molecule has 1 nitrogen and oxygen atoms in total. The van der Waals surface area contributed by atoms with Crippen LogP contribution in [0.1, 0.15) is 65.2 Å². The van der Waals surface area contributed by atoms with Crippen LogP contribution in [0.2, 0.25) is 12.6 Å². The van der Waals surface area contributed by atoms with Gasteiger partial charge in [0.15, 0.2) is 0 Å². The van der Waals surface area contributed by atoms with Crippen LogP contribution in [0.5, 0.6) is 0 Å². The molecular weight excluding hydrogens is 205 g/mol. The Morgan fingerprint density at radius 2 is 1.82 bits per heavy atom. The van der Waals surface area contributed by atoms with E-state index < -0.39 is 0 Å². The standard InChI is InChI=1S/C15H28BN/c1-3-16(4-2)17(15-12-8-9-13-15)14-10-6-5-7-11-14/h12,14H,3-11,13H2,1-2H3. The van der Waals surface area contributed by atoms with Gasteiger partial charge in [-0.25, -0.2) is 0 Å². The highest BCUT2D eigenvalue weighted by molar-refractivity contribution is 6.56. The summed E-state index contributed by atoms with van der Waals surface area (Å²) < 4.78 is 0. The molecule has 0 amide bonds. The maximum atomic E-state index is 2.84. The molecule has 0 aromatic carbocycles. The van der Waals surface area contributed by atoms with Crippen LogP contribution >= 0.6 is 0 Å². The van der Waals surface area contributed by atoms with E-state index in [1.165, 1.54) is 64.0 Å². The van der Waals surface area contributed by atoms with E-state index in [1.54, 1.807) is 5.70 Å². The van der Waals surface area contributed by atoms with Gasteiger partial charge in [-0.3, -0.25) is 0 Å². The summed E-state index contributed by atoms with van der Waals surface area (Å²) in [5.74, 6) is 0. The van der Waals surface area contributed by atoms with Crippen molar-refractivity contribution < 1.29 is 0 Å². The summed E-state index contributed by atoms with van der Waals surface area (Å²) in [4.78, 5) is 2.84. The van der Waals surface area contributed by atoms with Crippen LogP contribution in [-0.4, -0.2) is 17.7 Å². The summed E-state index contributed by atoms with van der Waals surface area (Å²) in [6, 6.07) is 0.859. The lowest BCUT2D eigenvalue weighted by Crippen LogP contribution is -2.45. The van der Waals surface area contributed by atoms with Crippen LogP contribution in [0, 0.1) is 0 Å². The Bertz CT molecular complexity index is 252. The molecular formula is C15H28BN. The largest absolute Gasteiger partial charge is 0.416 e. The normalized spacial score (nSPS) is 21.4. The van der Waals surface area contributed by atoms with E-state index in [-0.39, 0.29) is 0 Å². The first-order valence-electron chi connectivity index (χ1n) is 7.84. The third-order valence-electron chi connectivity index (χ3n) is 4.65. The van der Waals surface area contributed by atoms with Crippen molar-refractivity contribution in [2.24, 2.45) is 0 Å². The van der Waals surface area contributed by atoms with Gasteiger partial charge in [-0.05, 0) is 37.8 Å². The molecule has 0 aliphatic heterocycles. The highest BCUT2D eigenvalue weighted by Crippen LogP contribution is 2.32. The van der Waals surface area contributed by atoms with Gasteiger partial charge in [0.2, 0.25) is 0 Å². The van der Waals surface area contributed by atoms with Crippen molar-refractivity contribution in [1.29, 1.82) is 0 Å². The van der Waals surface area contributed by atoms with Crippen molar-refractivity contribution in [2.45, 2.75) is 83.9 Å². The minimum Gasteiger partial charge on any atom is -0.416 e. The molecule has 2 rings (SSSR count). The molecule has 0 aromatic rings. The van der Waals surface area contributed by atoms with Gasteiger partial charge in [0.05, 0.1) is 0 Å². The Labute approximate surface area is 108 Å². The minimum absolute atomic E-state index is 0.794. The smallest absolute Gasteiger partial charge is 0.253 e. The van der Waals surface area contributed by atoms with Crippen LogP contribution in [0.25, 0.3) is 0 Å². The molecule has 0 spiro atoms. The third-order valence-corrected chi connectivity index (χ3v) is 4.65. The van der Waals surface area contributed by atoms with Crippen molar-refractivity contribution in [3.8, 4) is 0 Å². The van der Waals surface area contributed by atoms with E-state index >= 15 is 0 Å². The lowest BCUT2D eigenvalue weighted by atomic mass is 9.54. The van der Waals surface area contributed by atoms with Crippen LogP contribution < -0.4 is 0 Å². The predicted octanol–water partition coefficient (Wildman–Crippen LogP) is 4.72. The quantitative estimate of drug-likeness (QED) is 0.621. The number of hydrogen-bond donors (Lipinski definition) is 0. The predicted molar refractivity (Wildman–Crippen MR) is 77.4 cm³/mol. The summed E-state index contributed by atoms with van der Waals surface area (Å²) in [5, 5.41) is 0. The van der Waals surface area contributed by atoms with Crippen molar-refractivity contribution in [3.05, 3.63) is 11.8 Å². The van der Waals surface area contributed by atoms with Gasteiger partial charge < -0.3 is 4.81 Å². The molecule has 0 N–H and O–H groups in total. The average Bonchev–Trinajstić information content (AvgIpc) is 2.90. The van der Waals surface area contributed by atoms with E-state index in [4.69, 9.17) is 0 Å². The minimum atomic E-state index is 0.794. The first-order chi connectivity index (χ1) is 8.36. The zero-order valence-corrected chi connectivity index (χ0v) is 11.8. The topological polar surface area (TPSA) is 3.24 Å². The SMILES string of the molecule is CCB(CC)N(C1=CCCC1)C1CCCCC1.